The molecule has 0 aliphatic carbocycles. The van der Waals surface area contributed by atoms with E-state index in [1.807, 2.05) is 26.0 Å². The molecule has 258 valence electrons. The molecular formula is C26H26B28ClF2NO2S. The molecule has 1 atom stereocenters. The lowest BCUT2D eigenvalue weighted by Crippen LogP contribution is -2.87. The van der Waals surface area contributed by atoms with Gasteiger partial charge in [-0.2, -0.15) is 0 Å². The van der Waals surface area contributed by atoms with Crippen LogP contribution in [0.1, 0.15) is 49.3 Å². The van der Waals surface area contributed by atoms with E-state index < -0.39 is 111 Å². The SMILES string of the molecule is CC(C)c1ccc(S(=O)(=O)N2c3cc(F)ccc3CCC2CCc2ccc(Cl)cc2F)cc1.[B]B([B])B([B])B(B(B([B])[B])B([B])[B])B(B(B([B])[B])B([B])[B])B(B([B])[B])B([B])[B]. The highest BCUT2D eigenvalue weighted by Gasteiger charge is 2.51. The smallest absolute Gasteiger partial charge is 0.263 e. The molecule has 0 fully saturated rings. The summed E-state index contributed by atoms with van der Waals surface area (Å²) in [5.74, 6) is -0.634. The molecule has 0 spiro atoms. The minimum atomic E-state index is -3.95. The number of benzene rings is 3. The Hall–Kier alpha value is -0.622. The van der Waals surface area contributed by atoms with Gasteiger partial charge in [0.15, 0.2) is 0 Å². The summed E-state index contributed by atoms with van der Waals surface area (Å²) in [5.41, 5.74) is 2.65. The van der Waals surface area contributed by atoms with Crippen LogP contribution >= 0.6 is 11.6 Å². The Bertz CT molecular complexity index is 1910. The summed E-state index contributed by atoms with van der Waals surface area (Å²) < 4.78 is 57.4. The van der Waals surface area contributed by atoms with Gasteiger partial charge in [-0.25, -0.2) is 17.2 Å². The first-order valence-electron chi connectivity index (χ1n) is 20.0. The fourth-order valence-electron chi connectivity index (χ4n) is 8.47. The maximum atomic E-state index is 14.3. The fourth-order valence-corrected chi connectivity index (χ4v) is 10.4. The lowest BCUT2D eigenvalue weighted by Gasteiger charge is -2.49. The quantitative estimate of drug-likeness (QED) is 0.124. The maximum Gasteiger partial charge on any atom is 0.264 e. The van der Waals surface area contributed by atoms with Crippen LogP contribution in [0.5, 0.6) is 0 Å². The van der Waals surface area contributed by atoms with Gasteiger partial charge in [0, 0.05) is 210 Å². The van der Waals surface area contributed by atoms with E-state index in [0.717, 1.165) is 11.1 Å². The van der Waals surface area contributed by atoms with E-state index in [0.29, 0.717) is 42.0 Å². The van der Waals surface area contributed by atoms with Gasteiger partial charge in [-0.15, -0.1) is 0 Å². The summed E-state index contributed by atoms with van der Waals surface area (Å²) in [4.78, 5) is 0.159. The van der Waals surface area contributed by atoms with Crippen LogP contribution < -0.4 is 4.31 Å². The Morgan fingerprint density at radius 2 is 1.15 bits per heavy atom. The number of aryl methyl sites for hydroxylation is 2. The van der Waals surface area contributed by atoms with Crippen LogP contribution in [0, 0.1) is 11.6 Å². The highest BCUT2D eigenvalue weighted by molar-refractivity contribution is 8.26. The zero-order valence-electron chi connectivity index (χ0n) is 34.7. The summed E-state index contributed by atoms with van der Waals surface area (Å²) in [6.45, 7) is 4.08. The Kier molecular flexibility index (Phi) is 21.7. The van der Waals surface area contributed by atoms with Gasteiger partial charge in [0.1, 0.15) is 11.6 Å². The van der Waals surface area contributed by atoms with E-state index in [9.17, 15) is 17.2 Å². The van der Waals surface area contributed by atoms with E-state index in [1.54, 1.807) is 30.3 Å². The van der Waals surface area contributed by atoms with Crippen molar-refractivity contribution in [2.75, 3.05) is 4.31 Å². The number of rotatable bonds is 18. The first-order chi connectivity index (χ1) is 28.3. The third-order valence-electron chi connectivity index (χ3n) is 11.6. The summed E-state index contributed by atoms with van der Waals surface area (Å²) in [7, 11) is 85.6. The number of fused-ring (bicyclic) bond motifs is 1. The average molecular weight is 793 g/mol. The number of halogens is 3. The van der Waals surface area contributed by atoms with Crippen molar-refractivity contribution in [1.29, 1.82) is 0 Å². The van der Waals surface area contributed by atoms with Crippen LogP contribution in [0.25, 0.3) is 0 Å². The molecule has 4 rings (SSSR count). The summed E-state index contributed by atoms with van der Waals surface area (Å²) in [5, 5.41) is 0.312. The second kappa shape index (κ2) is 24.2. The summed E-state index contributed by atoms with van der Waals surface area (Å²) >= 11 is 5.86. The molecule has 30 radical (unpaired) electrons. The average Bonchev–Trinajstić information content (AvgIpc) is 3.15. The molecule has 3 aromatic rings. The zero-order chi connectivity index (χ0) is 46.3. The predicted octanol–water partition coefficient (Wildman–Crippen LogP) is -3.78. The van der Waals surface area contributed by atoms with Crippen molar-refractivity contribution in [3.05, 3.63) is 94.0 Å². The minimum Gasteiger partial charge on any atom is -0.263 e. The van der Waals surface area contributed by atoms with Crippen molar-refractivity contribution in [3.8, 4) is 0 Å². The molecule has 1 aliphatic rings. The molecule has 0 saturated carbocycles. The third kappa shape index (κ3) is 14.2. The molecule has 0 bridgehead atoms. The lowest BCUT2D eigenvalue weighted by molar-refractivity contribution is 0.515. The predicted molar refractivity (Wildman–Crippen MR) is 290 cm³/mol. The molecule has 35 heteroatoms. The molecule has 0 N–H and O–H groups in total. The van der Waals surface area contributed by atoms with Crippen LogP contribution in [-0.2, 0) is 22.9 Å². The van der Waals surface area contributed by atoms with Gasteiger partial charge in [-0.3, -0.25) is 4.31 Å². The number of sulfonamides is 1. The van der Waals surface area contributed by atoms with Crippen molar-refractivity contribution in [2.45, 2.75) is 56.4 Å². The normalized spacial score (nSPS) is 13.1. The van der Waals surface area contributed by atoms with Gasteiger partial charge < -0.3 is 0 Å². The van der Waals surface area contributed by atoms with Crippen LogP contribution in [-0.4, -0.2) is 214 Å². The maximum absolute atomic E-state index is 14.3. The van der Waals surface area contributed by atoms with E-state index in [2.05, 4.69) is 0 Å². The molecule has 0 amide bonds. The van der Waals surface area contributed by atoms with E-state index in [-0.39, 0.29) is 10.8 Å². The summed E-state index contributed by atoms with van der Waals surface area (Å²) in [6, 6.07) is 15.2. The van der Waals surface area contributed by atoms with Gasteiger partial charge >= 0.3 is 0 Å². The minimum absolute atomic E-state index is 0.159. The van der Waals surface area contributed by atoms with Crippen molar-refractivity contribution in [3.63, 3.8) is 0 Å². The molecule has 3 aromatic carbocycles. The Morgan fingerprint density at radius 3 is 1.59 bits per heavy atom. The monoisotopic (exact) mass is 797 g/mol. The van der Waals surface area contributed by atoms with E-state index >= 15 is 0 Å². The van der Waals surface area contributed by atoms with Crippen LogP contribution in [0.15, 0.2) is 65.6 Å². The van der Waals surface area contributed by atoms with Crippen molar-refractivity contribution in [1.82, 2.24) is 0 Å². The Labute approximate surface area is 395 Å². The van der Waals surface area contributed by atoms with Gasteiger partial charge in [-0.05, 0) is 84.7 Å². The van der Waals surface area contributed by atoms with E-state index in [4.69, 9.17) is 128 Å². The fraction of sp³-hybridized carbons (Fsp3) is 0.308. The second-order valence-corrected chi connectivity index (χ2v) is 18.5. The second-order valence-electron chi connectivity index (χ2n) is 16.3. The van der Waals surface area contributed by atoms with Gasteiger partial charge in [-0.1, -0.05) is 49.7 Å². The van der Waals surface area contributed by atoms with Crippen molar-refractivity contribution < 1.29 is 17.2 Å². The molecular weight excluding hydrogens is 767 g/mol. The van der Waals surface area contributed by atoms with Gasteiger partial charge in [0.05, 0.1) is 10.6 Å². The largest absolute Gasteiger partial charge is 0.264 e. The topological polar surface area (TPSA) is 37.4 Å². The highest BCUT2D eigenvalue weighted by Crippen LogP contribution is 2.38. The molecule has 61 heavy (non-hydrogen) atoms. The zero-order valence-corrected chi connectivity index (χ0v) is 36.3. The Balaban J connectivity index is 0.000000331. The first kappa shape index (κ1) is 54.7. The molecule has 3 nitrogen and oxygen atoms in total. The number of anilines is 1. The third-order valence-corrected chi connectivity index (χ3v) is 13.7. The van der Waals surface area contributed by atoms with Crippen molar-refractivity contribution >= 4 is 226 Å². The van der Waals surface area contributed by atoms with E-state index in [1.165, 1.54) is 22.5 Å². The number of nitrogens with zero attached hydrogens (tertiary/aromatic N) is 1. The standard InChI is InChI=1S/C26H26ClF2NO2S.B28/c1-17(2)18-7-13-24(14-8-18)33(31,32)30-23(11-5-19-3-9-21(27)15-25(19)29)12-6-20-4-10-22(28)16-26(20)30;1-16(2)23(15)27(24(17(3)4)18(5)6)28(25(19(7)8)20(9)10)26(21(11)12)22(13)14/h3-4,7-10,13-17,23H,5-6,11-12H2,1-2H3;. The highest BCUT2D eigenvalue weighted by atomic mass is 35.5. The summed E-state index contributed by atoms with van der Waals surface area (Å²) in [6.07, 6.45) is -10.3. The molecule has 1 aliphatic heterocycles. The van der Waals surface area contributed by atoms with Crippen LogP contribution in [0.4, 0.5) is 14.5 Å². The molecule has 1 unspecified atom stereocenters. The number of hydrogen-bond donors (Lipinski definition) is 0. The molecule has 0 aromatic heterocycles. The van der Waals surface area contributed by atoms with Gasteiger partial charge in [0.25, 0.3) is 10.0 Å². The number of hydrogen-bond acceptors (Lipinski definition) is 2. The lowest BCUT2D eigenvalue weighted by atomic mass is 8.32. The molecule has 1 heterocycles. The van der Waals surface area contributed by atoms with Gasteiger partial charge in [0.2, 0.25) is 0 Å². The van der Waals surface area contributed by atoms with Crippen LogP contribution in [0.2, 0.25) is 5.02 Å². The molecule has 0 saturated heterocycles. The first-order valence-corrected chi connectivity index (χ1v) is 21.9. The Morgan fingerprint density at radius 1 is 0.656 bits per heavy atom. The van der Waals surface area contributed by atoms with Crippen molar-refractivity contribution in [2.24, 2.45) is 0 Å². The van der Waals surface area contributed by atoms with Crippen LogP contribution in [0.3, 0.4) is 0 Å².